The van der Waals surface area contributed by atoms with Gasteiger partial charge in [0.05, 0.1) is 0 Å². The molecule has 4 aromatic carbocycles. The normalized spacial score (nSPS) is 11.3. The summed E-state index contributed by atoms with van der Waals surface area (Å²) in [6.07, 6.45) is 0. The van der Waals surface area contributed by atoms with Crippen molar-refractivity contribution in [2.24, 2.45) is 0 Å². The van der Waals surface area contributed by atoms with E-state index in [9.17, 15) is 0 Å². The fourth-order valence-electron chi connectivity index (χ4n) is 4.10. The Labute approximate surface area is 196 Å². The second-order valence-corrected chi connectivity index (χ2v) is 12.8. The van der Waals surface area contributed by atoms with Gasteiger partial charge in [0.2, 0.25) is 0 Å². The van der Waals surface area contributed by atoms with Crippen LogP contribution in [0, 0.1) is 0 Å². The molecule has 0 aliphatic carbocycles. The topological polar surface area (TPSA) is 0 Å². The summed E-state index contributed by atoms with van der Waals surface area (Å²) >= 11 is -0.835. The van der Waals surface area contributed by atoms with E-state index < -0.39 is 23.2 Å². The third kappa shape index (κ3) is 3.53. The van der Waals surface area contributed by atoms with E-state index in [1.165, 1.54) is 31.8 Å². The predicted molar refractivity (Wildman–Crippen MR) is 121 cm³/mol. The maximum atomic E-state index is 2.41. The van der Waals surface area contributed by atoms with Gasteiger partial charge >= 0.3 is 173 Å². The second kappa shape index (κ2) is 8.59. The van der Waals surface area contributed by atoms with Gasteiger partial charge in [0.1, 0.15) is 0 Å². The Morgan fingerprint density at radius 1 is 0.448 bits per heavy atom. The number of rotatable bonds is 2. The zero-order valence-electron chi connectivity index (χ0n) is 15.3. The minimum absolute atomic E-state index is 0. The van der Waals surface area contributed by atoms with Crippen molar-refractivity contribution >= 4 is 64.9 Å². The Balaban J connectivity index is 0.00000102. The van der Waals surface area contributed by atoms with Gasteiger partial charge in [-0.25, -0.2) is 0 Å². The van der Waals surface area contributed by atoms with Crippen LogP contribution in [-0.2, 0) is 23.2 Å². The summed E-state index contributed by atoms with van der Waals surface area (Å²) in [5, 5.41) is 12.2. The number of benzene rings is 4. The van der Waals surface area contributed by atoms with E-state index in [0.29, 0.717) is 0 Å². The molecule has 2 heterocycles. The van der Waals surface area contributed by atoms with E-state index in [1.54, 1.807) is 16.8 Å². The van der Waals surface area contributed by atoms with Crippen molar-refractivity contribution in [3.63, 3.8) is 0 Å². The average Bonchev–Trinajstić information content (AvgIpc) is 3.28. The third-order valence-corrected chi connectivity index (χ3v) is 12.9. The quantitative estimate of drug-likeness (QED) is 0.306. The van der Waals surface area contributed by atoms with Crippen molar-refractivity contribution in [3.8, 4) is 0 Å². The summed E-state index contributed by atoms with van der Waals surface area (Å²) in [5.74, 6) is 0. The van der Waals surface area contributed by atoms with E-state index in [4.69, 9.17) is 0 Å². The number of hydrogen-bond acceptors (Lipinski definition) is 0. The van der Waals surface area contributed by atoms with Gasteiger partial charge in [-0.3, -0.25) is 0 Å². The summed E-state index contributed by atoms with van der Waals surface area (Å²) in [5.41, 5.74) is 0. The maximum absolute atomic E-state index is 2.41. The molecule has 0 spiro atoms. The Kier molecular flexibility index (Phi) is 6.28. The molecule has 140 valence electrons. The average molecular weight is 528 g/mol. The van der Waals surface area contributed by atoms with Gasteiger partial charge in [-0.05, 0) is 0 Å². The Hall–Kier alpha value is -1.06. The van der Waals surface area contributed by atoms with Crippen LogP contribution >= 0.6 is 16.4 Å². The van der Waals surface area contributed by atoms with Crippen LogP contribution in [0.4, 0.5) is 0 Å². The van der Waals surface area contributed by atoms with Crippen molar-refractivity contribution < 1.29 is 48.0 Å². The van der Waals surface area contributed by atoms with Gasteiger partial charge in [-0.1, -0.05) is 0 Å². The summed E-state index contributed by atoms with van der Waals surface area (Å²) in [4.78, 5) is 0. The molecule has 0 aliphatic rings. The zero-order valence-corrected chi connectivity index (χ0v) is 21.3. The van der Waals surface area contributed by atoms with E-state index in [-0.39, 0.29) is 24.8 Å². The van der Waals surface area contributed by atoms with Gasteiger partial charge in [-0.2, -0.15) is 0 Å². The van der Waals surface area contributed by atoms with E-state index >= 15 is 0 Å². The zero-order chi connectivity index (χ0) is 17.8. The van der Waals surface area contributed by atoms with Crippen molar-refractivity contribution in [3.05, 3.63) is 84.9 Å². The number of hydrogen-bond donors (Lipinski definition) is 0. The number of halogens is 2. The van der Waals surface area contributed by atoms with Crippen LogP contribution in [0.1, 0.15) is 0 Å². The molecule has 6 aromatic rings. The van der Waals surface area contributed by atoms with E-state index in [1.807, 2.05) is 0 Å². The Morgan fingerprint density at radius 3 is 1.34 bits per heavy atom. The summed E-state index contributed by atoms with van der Waals surface area (Å²) in [6, 6.07) is 31.9. The molecule has 0 saturated carbocycles. The van der Waals surface area contributed by atoms with Gasteiger partial charge < -0.3 is 24.8 Å². The molecule has 0 amide bonds. The van der Waals surface area contributed by atoms with Crippen LogP contribution < -0.4 is 31.4 Å². The Morgan fingerprint density at radius 2 is 0.862 bits per heavy atom. The van der Waals surface area contributed by atoms with Crippen LogP contribution in [0.25, 0.3) is 42.0 Å². The molecular formula is C24H16Cl2P2Zr. The summed E-state index contributed by atoms with van der Waals surface area (Å²) < 4.78 is 3.33. The molecule has 0 bridgehead atoms. The third-order valence-electron chi connectivity index (χ3n) is 5.35. The number of fused-ring (bicyclic) bond motifs is 6. The van der Waals surface area contributed by atoms with Crippen LogP contribution in [0.15, 0.2) is 84.9 Å². The fraction of sp³-hybridized carbons (Fsp3) is 0. The molecule has 2 unspecified atom stereocenters. The van der Waals surface area contributed by atoms with Gasteiger partial charge in [0.25, 0.3) is 0 Å². The van der Waals surface area contributed by atoms with Gasteiger partial charge in [0.15, 0.2) is 0 Å². The second-order valence-electron chi connectivity index (χ2n) is 6.92. The molecule has 0 saturated heterocycles. The first kappa shape index (κ1) is 21.2. The summed E-state index contributed by atoms with van der Waals surface area (Å²) in [6.45, 7) is 0. The summed E-state index contributed by atoms with van der Waals surface area (Å²) in [7, 11) is 1.65. The molecule has 0 N–H and O–H groups in total. The van der Waals surface area contributed by atoms with E-state index in [2.05, 4.69) is 84.9 Å². The molecule has 6 rings (SSSR count). The SMILES string of the molecule is [Cl-].[Cl-].c1ccc2c(c1)[pH]c1[c]([Zr+2][c]3cccc4c3[pH]c3ccccc34)cccc12. The predicted octanol–water partition coefficient (Wildman–Crippen LogP) is 0.403. The first-order valence-corrected chi connectivity index (χ1v) is 13.6. The first-order valence-electron chi connectivity index (χ1n) is 9.14. The monoisotopic (exact) mass is 526 g/mol. The van der Waals surface area contributed by atoms with Crippen LogP contribution in [0.5, 0.6) is 0 Å². The molecule has 5 heteroatoms. The standard InChI is InChI=1S/2C12H8P.2ClH.Zr/c2*1-3-7-11-9(5-1)10-6-2-4-8-12(10)13-11;;;/h2*1-7,13H;2*1H;/q;;;;+2/p-2. The fourth-order valence-corrected chi connectivity index (χ4v) is 11.4. The van der Waals surface area contributed by atoms with Crippen molar-refractivity contribution in [1.29, 1.82) is 0 Å². The van der Waals surface area contributed by atoms with Gasteiger partial charge in [0, 0.05) is 0 Å². The Bertz CT molecular complexity index is 1350. The molecule has 0 nitrogen and oxygen atoms in total. The molecule has 2 aromatic heterocycles. The molecule has 2 atom stereocenters. The van der Waals surface area contributed by atoms with Crippen LogP contribution in [-0.4, -0.2) is 0 Å². The first-order chi connectivity index (χ1) is 13.4. The molecule has 0 aliphatic heterocycles. The minimum atomic E-state index is -0.835. The van der Waals surface area contributed by atoms with Gasteiger partial charge in [-0.15, -0.1) is 0 Å². The van der Waals surface area contributed by atoms with Crippen molar-refractivity contribution in [2.45, 2.75) is 0 Å². The van der Waals surface area contributed by atoms with Crippen LogP contribution in [0.2, 0.25) is 0 Å². The molecular weight excluding hydrogens is 512 g/mol. The van der Waals surface area contributed by atoms with Crippen molar-refractivity contribution in [2.75, 3.05) is 0 Å². The van der Waals surface area contributed by atoms with Crippen LogP contribution in [0.3, 0.4) is 0 Å². The molecule has 0 fully saturated rings. The van der Waals surface area contributed by atoms with Crippen molar-refractivity contribution in [1.82, 2.24) is 0 Å². The molecule has 0 radical (unpaired) electrons. The molecule has 29 heavy (non-hydrogen) atoms. The van der Waals surface area contributed by atoms with E-state index in [0.717, 1.165) is 16.4 Å².